The lowest BCUT2D eigenvalue weighted by molar-refractivity contribution is -0.0993. The Balaban J connectivity index is 3.17. The molecule has 0 radical (unpaired) electrons. The summed E-state index contributed by atoms with van der Waals surface area (Å²) in [7, 11) is 1.33. The van der Waals surface area contributed by atoms with Crippen LogP contribution in [0.2, 0.25) is 0 Å². The first-order valence-corrected chi connectivity index (χ1v) is 1.90. The molecule has 0 aliphatic rings. The normalized spacial score (nSPS) is 20.0. The SMILES string of the molecule is COC(C)(O)Cl. The lowest BCUT2D eigenvalue weighted by Gasteiger charge is -2.09. The van der Waals surface area contributed by atoms with Crippen LogP contribution in [0.1, 0.15) is 6.92 Å². The Hall–Kier alpha value is 0.210. The molecule has 0 spiro atoms. The van der Waals surface area contributed by atoms with Crippen LogP contribution >= 0.6 is 11.6 Å². The lowest BCUT2D eigenvalue weighted by atomic mass is 10.8. The van der Waals surface area contributed by atoms with Crippen LogP contribution < -0.4 is 0 Å². The Bertz CT molecular complexity index is 38.5. The first-order chi connectivity index (χ1) is 2.56. The predicted octanol–water partition coefficient (Wildman–Crippen LogP) is 0.538. The third kappa shape index (κ3) is 4.21. The predicted molar refractivity (Wildman–Crippen MR) is 23.5 cm³/mol. The minimum Gasteiger partial charge on any atom is -0.353 e. The summed E-state index contributed by atoms with van der Waals surface area (Å²) in [6.45, 7) is 1.34. The smallest absolute Gasteiger partial charge is 0.242 e. The van der Waals surface area contributed by atoms with E-state index in [1.54, 1.807) is 0 Å². The molecule has 0 aromatic carbocycles. The van der Waals surface area contributed by atoms with E-state index in [1.807, 2.05) is 0 Å². The maximum Gasteiger partial charge on any atom is 0.242 e. The van der Waals surface area contributed by atoms with Crippen molar-refractivity contribution in [1.29, 1.82) is 0 Å². The quantitative estimate of drug-likeness (QED) is 0.394. The molecule has 6 heavy (non-hydrogen) atoms. The summed E-state index contributed by atoms with van der Waals surface area (Å²) in [6.07, 6.45) is 0. The van der Waals surface area contributed by atoms with Gasteiger partial charge in [-0.2, -0.15) is 0 Å². The van der Waals surface area contributed by atoms with E-state index in [2.05, 4.69) is 4.74 Å². The fourth-order valence-electron chi connectivity index (χ4n) is 0. The highest BCUT2D eigenvalue weighted by molar-refractivity contribution is 6.21. The van der Waals surface area contributed by atoms with Crippen LogP contribution in [0.15, 0.2) is 0 Å². The molecule has 0 heterocycles. The number of hydrogen-bond donors (Lipinski definition) is 1. The second-order valence-electron chi connectivity index (χ2n) is 1.07. The highest BCUT2D eigenvalue weighted by Gasteiger charge is 2.10. The molecular formula is C3H7ClO2. The number of methoxy groups -OCH3 is 1. The highest BCUT2D eigenvalue weighted by Crippen LogP contribution is 2.06. The van der Waals surface area contributed by atoms with Crippen molar-refractivity contribution in [2.24, 2.45) is 0 Å². The summed E-state index contributed by atoms with van der Waals surface area (Å²) >= 11 is 5.05. The van der Waals surface area contributed by atoms with E-state index >= 15 is 0 Å². The molecule has 0 fully saturated rings. The molecule has 0 aromatic rings. The molecule has 0 amide bonds. The average molecular weight is 111 g/mol. The van der Waals surface area contributed by atoms with Gasteiger partial charge in [0.25, 0.3) is 0 Å². The molecule has 0 aliphatic heterocycles. The third-order valence-corrected chi connectivity index (χ3v) is 0.527. The molecule has 1 unspecified atom stereocenters. The van der Waals surface area contributed by atoms with Gasteiger partial charge in [0.15, 0.2) is 0 Å². The molecule has 38 valence electrons. The Morgan fingerprint density at radius 2 is 2.00 bits per heavy atom. The van der Waals surface area contributed by atoms with E-state index < -0.39 is 5.25 Å². The van der Waals surface area contributed by atoms with Gasteiger partial charge in [-0.05, 0) is 0 Å². The lowest BCUT2D eigenvalue weighted by Crippen LogP contribution is -2.16. The fourth-order valence-corrected chi connectivity index (χ4v) is 0. The van der Waals surface area contributed by atoms with Gasteiger partial charge in [0.1, 0.15) is 0 Å². The van der Waals surface area contributed by atoms with Gasteiger partial charge in [-0.15, -0.1) is 0 Å². The Labute approximate surface area is 41.7 Å². The summed E-state index contributed by atoms with van der Waals surface area (Å²) in [5, 5.41) is 6.88. The number of rotatable bonds is 1. The van der Waals surface area contributed by atoms with Crippen LogP contribution in [-0.4, -0.2) is 17.5 Å². The van der Waals surface area contributed by atoms with Crippen molar-refractivity contribution in [3.63, 3.8) is 0 Å². The summed E-state index contributed by atoms with van der Waals surface area (Å²) in [6, 6.07) is 0. The highest BCUT2D eigenvalue weighted by atomic mass is 35.5. The Morgan fingerprint density at radius 3 is 2.00 bits per heavy atom. The number of hydrogen-bond acceptors (Lipinski definition) is 2. The van der Waals surface area contributed by atoms with Gasteiger partial charge in [0, 0.05) is 14.0 Å². The van der Waals surface area contributed by atoms with Crippen molar-refractivity contribution in [1.82, 2.24) is 0 Å². The van der Waals surface area contributed by atoms with Gasteiger partial charge >= 0.3 is 0 Å². The summed E-state index contributed by atoms with van der Waals surface area (Å²) < 4.78 is 4.26. The Morgan fingerprint density at radius 1 is 1.83 bits per heavy atom. The second-order valence-corrected chi connectivity index (χ2v) is 1.78. The first-order valence-electron chi connectivity index (χ1n) is 1.52. The van der Waals surface area contributed by atoms with Gasteiger partial charge in [0.2, 0.25) is 5.25 Å². The molecule has 0 saturated heterocycles. The van der Waals surface area contributed by atoms with Crippen molar-refractivity contribution in [2.45, 2.75) is 12.2 Å². The van der Waals surface area contributed by atoms with Crippen molar-refractivity contribution in [3.8, 4) is 0 Å². The zero-order valence-corrected chi connectivity index (χ0v) is 4.49. The summed E-state index contributed by atoms with van der Waals surface area (Å²) in [5.41, 5.74) is 0. The van der Waals surface area contributed by atoms with Crippen LogP contribution in [0.25, 0.3) is 0 Å². The van der Waals surface area contributed by atoms with E-state index in [0.29, 0.717) is 0 Å². The maximum absolute atomic E-state index is 8.37. The molecule has 0 aromatic heterocycles. The number of aliphatic hydroxyl groups is 1. The van der Waals surface area contributed by atoms with Gasteiger partial charge in [-0.25, -0.2) is 0 Å². The molecule has 1 atom stereocenters. The summed E-state index contributed by atoms with van der Waals surface area (Å²) in [5.74, 6) is 0. The van der Waals surface area contributed by atoms with E-state index in [0.717, 1.165) is 0 Å². The number of halogens is 1. The molecule has 3 heteroatoms. The standard InChI is InChI=1S/C3H7ClO2/c1-3(4,5)6-2/h5H,1-2H3. The third-order valence-electron chi connectivity index (χ3n) is 0.373. The molecule has 2 nitrogen and oxygen atoms in total. The van der Waals surface area contributed by atoms with Gasteiger partial charge < -0.3 is 9.84 Å². The van der Waals surface area contributed by atoms with Crippen molar-refractivity contribution < 1.29 is 9.84 Å². The second kappa shape index (κ2) is 1.78. The molecule has 0 bridgehead atoms. The molecule has 0 saturated carbocycles. The maximum atomic E-state index is 8.37. The van der Waals surface area contributed by atoms with Gasteiger partial charge in [0.05, 0.1) is 0 Å². The molecule has 0 rings (SSSR count). The zero-order chi connectivity index (χ0) is 5.21. The zero-order valence-electron chi connectivity index (χ0n) is 3.73. The average Bonchev–Trinajstić information content (AvgIpc) is 1.35. The van der Waals surface area contributed by atoms with Gasteiger partial charge in [-0.3, -0.25) is 0 Å². The monoisotopic (exact) mass is 110 g/mol. The molecule has 0 aliphatic carbocycles. The van der Waals surface area contributed by atoms with Crippen LogP contribution in [-0.2, 0) is 4.74 Å². The Kier molecular flexibility index (Phi) is 1.84. The first kappa shape index (κ1) is 6.21. The van der Waals surface area contributed by atoms with Crippen LogP contribution in [0.3, 0.4) is 0 Å². The van der Waals surface area contributed by atoms with Crippen LogP contribution in [0.4, 0.5) is 0 Å². The van der Waals surface area contributed by atoms with Crippen LogP contribution in [0.5, 0.6) is 0 Å². The topological polar surface area (TPSA) is 29.5 Å². The van der Waals surface area contributed by atoms with Crippen molar-refractivity contribution in [3.05, 3.63) is 0 Å². The van der Waals surface area contributed by atoms with Crippen LogP contribution in [0, 0.1) is 0 Å². The van der Waals surface area contributed by atoms with E-state index in [4.69, 9.17) is 16.7 Å². The minimum absolute atomic E-state index is 1.33. The van der Waals surface area contributed by atoms with Gasteiger partial charge in [-0.1, -0.05) is 11.6 Å². The molecular weight excluding hydrogens is 103 g/mol. The van der Waals surface area contributed by atoms with E-state index in [-0.39, 0.29) is 0 Å². The number of ether oxygens (including phenoxy) is 1. The summed E-state index contributed by atoms with van der Waals surface area (Å²) in [4.78, 5) is 0. The van der Waals surface area contributed by atoms with E-state index in [9.17, 15) is 0 Å². The van der Waals surface area contributed by atoms with Crippen molar-refractivity contribution >= 4 is 11.6 Å². The number of alkyl halides is 1. The van der Waals surface area contributed by atoms with E-state index in [1.165, 1.54) is 14.0 Å². The minimum atomic E-state index is -1.49. The largest absolute Gasteiger partial charge is 0.353 e. The molecule has 1 N–H and O–H groups in total. The van der Waals surface area contributed by atoms with Crippen molar-refractivity contribution in [2.75, 3.05) is 7.11 Å². The fraction of sp³-hybridized carbons (Fsp3) is 1.00.